The summed E-state index contributed by atoms with van der Waals surface area (Å²) in [6.07, 6.45) is 2.01. The fourth-order valence-electron chi connectivity index (χ4n) is 2.95. The predicted molar refractivity (Wildman–Crippen MR) is 121 cm³/mol. The number of aliphatic imine (C=N–C) groups is 1. The van der Waals surface area contributed by atoms with Crippen LogP contribution in [0.2, 0.25) is 0 Å². The van der Waals surface area contributed by atoms with Gasteiger partial charge in [-0.2, -0.15) is 11.3 Å². The molecule has 0 saturated heterocycles. The third kappa shape index (κ3) is 5.87. The summed E-state index contributed by atoms with van der Waals surface area (Å²) >= 11 is 1.74. The lowest BCUT2D eigenvalue weighted by molar-refractivity contribution is 0.357. The number of ether oxygens (including phenoxy) is 1. The smallest absolute Gasteiger partial charge is 0.191 e. The largest absolute Gasteiger partial charge is 0.493 e. The number of hydrogen-bond donors (Lipinski definition) is 2. The van der Waals surface area contributed by atoms with Crippen molar-refractivity contribution in [3.05, 3.63) is 51.7 Å². The number of nitrogens with zero attached hydrogens (tertiary/aromatic N) is 1. The summed E-state index contributed by atoms with van der Waals surface area (Å²) in [5.74, 6) is 2.39. The second-order valence-electron chi connectivity index (χ2n) is 6.39. The molecule has 0 radical (unpaired) electrons. The van der Waals surface area contributed by atoms with Crippen molar-refractivity contribution in [1.29, 1.82) is 0 Å². The molecular formula is C20H28IN3OS. The molecule has 0 aliphatic carbocycles. The van der Waals surface area contributed by atoms with E-state index in [9.17, 15) is 0 Å². The number of hydrogen-bond acceptors (Lipinski definition) is 3. The highest BCUT2D eigenvalue weighted by Gasteiger charge is 2.12. The maximum atomic E-state index is 5.57. The Hall–Kier alpha value is -1.28. The van der Waals surface area contributed by atoms with Crippen molar-refractivity contribution in [2.75, 3.05) is 26.2 Å². The molecule has 4 nitrogen and oxygen atoms in total. The van der Waals surface area contributed by atoms with Crippen LogP contribution in [-0.4, -0.2) is 32.2 Å². The van der Waals surface area contributed by atoms with Crippen LogP contribution < -0.4 is 15.4 Å². The molecule has 1 aliphatic rings. The van der Waals surface area contributed by atoms with Crippen LogP contribution in [0, 0.1) is 0 Å². The summed E-state index contributed by atoms with van der Waals surface area (Å²) < 4.78 is 5.57. The second-order valence-corrected chi connectivity index (χ2v) is 7.17. The molecule has 0 fully saturated rings. The van der Waals surface area contributed by atoms with Gasteiger partial charge in [0.05, 0.1) is 6.61 Å². The lowest BCUT2D eigenvalue weighted by atomic mass is 10.1. The van der Waals surface area contributed by atoms with Gasteiger partial charge in [0.15, 0.2) is 5.96 Å². The van der Waals surface area contributed by atoms with E-state index in [2.05, 4.69) is 59.5 Å². The molecule has 2 heterocycles. The topological polar surface area (TPSA) is 45.7 Å². The van der Waals surface area contributed by atoms with Gasteiger partial charge >= 0.3 is 0 Å². The normalized spacial score (nSPS) is 14.2. The molecular weight excluding hydrogens is 457 g/mol. The number of thiophene rings is 1. The first-order valence-corrected chi connectivity index (χ1v) is 9.99. The fraction of sp³-hybridized carbons (Fsp3) is 0.450. The SMILES string of the molecule is CCNC(=NCC(C)c1ccsc1)NCCc1ccc2c(c1)CCO2.I. The quantitative estimate of drug-likeness (QED) is 0.351. The summed E-state index contributed by atoms with van der Waals surface area (Å²) in [7, 11) is 0. The lowest BCUT2D eigenvalue weighted by Gasteiger charge is -2.13. The molecule has 0 bridgehead atoms. The van der Waals surface area contributed by atoms with Gasteiger partial charge in [-0.1, -0.05) is 19.1 Å². The highest BCUT2D eigenvalue weighted by atomic mass is 127. The lowest BCUT2D eigenvalue weighted by Crippen LogP contribution is -2.38. The highest BCUT2D eigenvalue weighted by Crippen LogP contribution is 2.25. The summed E-state index contributed by atoms with van der Waals surface area (Å²) in [5, 5.41) is 11.1. The minimum Gasteiger partial charge on any atom is -0.493 e. The Kier molecular flexibility index (Phi) is 8.71. The van der Waals surface area contributed by atoms with Crippen molar-refractivity contribution in [2.45, 2.75) is 32.6 Å². The molecule has 142 valence electrons. The Bertz CT molecular complexity index is 703. The number of benzene rings is 1. The first-order chi connectivity index (χ1) is 12.3. The molecule has 1 unspecified atom stereocenters. The maximum Gasteiger partial charge on any atom is 0.191 e. The van der Waals surface area contributed by atoms with Crippen LogP contribution in [0.3, 0.4) is 0 Å². The van der Waals surface area contributed by atoms with E-state index in [0.29, 0.717) is 5.92 Å². The third-order valence-corrected chi connectivity index (χ3v) is 5.14. The van der Waals surface area contributed by atoms with E-state index in [-0.39, 0.29) is 24.0 Å². The molecule has 6 heteroatoms. The number of guanidine groups is 1. The molecule has 3 rings (SSSR count). The molecule has 1 aromatic carbocycles. The van der Waals surface area contributed by atoms with E-state index >= 15 is 0 Å². The molecule has 1 atom stereocenters. The Morgan fingerprint density at radius 1 is 1.31 bits per heavy atom. The second kappa shape index (κ2) is 10.8. The van der Waals surface area contributed by atoms with Crippen LogP contribution in [0.15, 0.2) is 40.0 Å². The van der Waals surface area contributed by atoms with Gasteiger partial charge in [0.25, 0.3) is 0 Å². The minimum absolute atomic E-state index is 0. The average Bonchev–Trinajstić information content (AvgIpc) is 3.30. The monoisotopic (exact) mass is 485 g/mol. The van der Waals surface area contributed by atoms with Crippen LogP contribution in [0.1, 0.15) is 36.5 Å². The van der Waals surface area contributed by atoms with E-state index < -0.39 is 0 Å². The van der Waals surface area contributed by atoms with Crippen LogP contribution in [-0.2, 0) is 12.8 Å². The fourth-order valence-corrected chi connectivity index (χ4v) is 3.73. The molecule has 1 aliphatic heterocycles. The zero-order valence-corrected chi connectivity index (χ0v) is 18.6. The Morgan fingerprint density at radius 3 is 2.96 bits per heavy atom. The molecule has 0 amide bonds. The zero-order chi connectivity index (χ0) is 17.5. The first kappa shape index (κ1) is 21.0. The van der Waals surface area contributed by atoms with Gasteiger partial charge in [-0.05, 0) is 52.9 Å². The van der Waals surface area contributed by atoms with Gasteiger partial charge in [-0.15, -0.1) is 24.0 Å². The zero-order valence-electron chi connectivity index (χ0n) is 15.5. The van der Waals surface area contributed by atoms with Crippen LogP contribution in [0.25, 0.3) is 0 Å². The average molecular weight is 485 g/mol. The van der Waals surface area contributed by atoms with E-state index in [1.807, 2.05) is 0 Å². The van der Waals surface area contributed by atoms with E-state index in [4.69, 9.17) is 9.73 Å². The third-order valence-electron chi connectivity index (χ3n) is 4.44. The predicted octanol–water partition coefficient (Wildman–Crippen LogP) is 4.20. The van der Waals surface area contributed by atoms with Crippen LogP contribution >= 0.6 is 35.3 Å². The van der Waals surface area contributed by atoms with Crippen molar-refractivity contribution >= 4 is 41.3 Å². The van der Waals surface area contributed by atoms with Crippen LogP contribution in [0.4, 0.5) is 0 Å². The number of halogens is 1. The maximum absolute atomic E-state index is 5.57. The molecule has 2 aromatic rings. The first-order valence-electron chi connectivity index (χ1n) is 9.05. The van der Waals surface area contributed by atoms with Gasteiger partial charge in [-0.3, -0.25) is 4.99 Å². The molecule has 2 N–H and O–H groups in total. The van der Waals surface area contributed by atoms with Gasteiger partial charge in [0.2, 0.25) is 0 Å². The van der Waals surface area contributed by atoms with Crippen LogP contribution in [0.5, 0.6) is 5.75 Å². The van der Waals surface area contributed by atoms with Gasteiger partial charge in [0.1, 0.15) is 5.75 Å². The van der Waals surface area contributed by atoms with E-state index in [1.54, 1.807) is 11.3 Å². The highest BCUT2D eigenvalue weighted by molar-refractivity contribution is 14.0. The Morgan fingerprint density at radius 2 is 2.19 bits per heavy atom. The summed E-state index contributed by atoms with van der Waals surface area (Å²) in [4.78, 5) is 4.74. The number of fused-ring (bicyclic) bond motifs is 1. The summed E-state index contributed by atoms with van der Waals surface area (Å²) in [6, 6.07) is 8.71. The van der Waals surface area contributed by atoms with Crippen molar-refractivity contribution < 1.29 is 4.74 Å². The molecule has 1 aromatic heterocycles. The van der Waals surface area contributed by atoms with E-state index in [1.165, 1.54) is 16.7 Å². The standard InChI is InChI=1S/C20H27N3OS.HI/c1-3-21-20(23-13-15(2)18-8-11-25-14-18)22-9-6-16-4-5-19-17(12-16)7-10-24-19;/h4-5,8,11-12,14-15H,3,6-7,9-10,13H2,1-2H3,(H2,21,22,23);1H. The Balaban J connectivity index is 0.00000243. The van der Waals surface area contributed by atoms with E-state index in [0.717, 1.165) is 50.8 Å². The van der Waals surface area contributed by atoms with Crippen molar-refractivity contribution in [3.63, 3.8) is 0 Å². The van der Waals surface area contributed by atoms with Gasteiger partial charge in [0, 0.05) is 32.0 Å². The van der Waals surface area contributed by atoms with Gasteiger partial charge < -0.3 is 15.4 Å². The number of nitrogens with one attached hydrogen (secondary N) is 2. The number of rotatable bonds is 7. The van der Waals surface area contributed by atoms with Crippen molar-refractivity contribution in [1.82, 2.24) is 10.6 Å². The summed E-state index contributed by atoms with van der Waals surface area (Å²) in [6.45, 7) is 7.67. The molecule has 26 heavy (non-hydrogen) atoms. The van der Waals surface area contributed by atoms with Crippen molar-refractivity contribution in [2.24, 2.45) is 4.99 Å². The van der Waals surface area contributed by atoms with Gasteiger partial charge in [-0.25, -0.2) is 0 Å². The summed E-state index contributed by atoms with van der Waals surface area (Å²) in [5.41, 5.74) is 4.05. The molecule has 0 saturated carbocycles. The molecule has 0 spiro atoms. The Labute approximate surface area is 177 Å². The van der Waals surface area contributed by atoms with Crippen molar-refractivity contribution in [3.8, 4) is 5.75 Å². The minimum atomic E-state index is 0.